The van der Waals surface area contributed by atoms with Gasteiger partial charge >= 0.3 is 0 Å². The molecule has 0 amide bonds. The number of halogens is 1. The summed E-state index contributed by atoms with van der Waals surface area (Å²) < 4.78 is 0. The zero-order valence-electron chi connectivity index (χ0n) is 10.8. The molecule has 0 bridgehead atoms. The molecule has 0 radical (unpaired) electrons. The molecule has 17 heavy (non-hydrogen) atoms. The first kappa shape index (κ1) is 12.9. The van der Waals surface area contributed by atoms with Crippen molar-refractivity contribution < 1.29 is 0 Å². The van der Waals surface area contributed by atoms with Crippen LogP contribution in [0.1, 0.15) is 51.1 Å². The number of rotatable bonds is 6. The third-order valence-electron chi connectivity index (χ3n) is 4.11. The predicted octanol–water partition coefficient (Wildman–Crippen LogP) is 4.57. The Morgan fingerprint density at radius 3 is 2.35 bits per heavy atom. The molecule has 0 saturated heterocycles. The van der Waals surface area contributed by atoms with E-state index in [9.17, 15) is 0 Å². The molecule has 0 aromatic heterocycles. The van der Waals surface area contributed by atoms with Gasteiger partial charge in [0.1, 0.15) is 0 Å². The van der Waals surface area contributed by atoms with Gasteiger partial charge in [0.15, 0.2) is 0 Å². The van der Waals surface area contributed by atoms with Gasteiger partial charge in [0.2, 0.25) is 0 Å². The van der Waals surface area contributed by atoms with E-state index in [-0.39, 0.29) is 0 Å². The van der Waals surface area contributed by atoms with Crippen molar-refractivity contribution >= 4 is 11.6 Å². The molecule has 1 aromatic rings. The van der Waals surface area contributed by atoms with Gasteiger partial charge < -0.3 is 5.32 Å². The van der Waals surface area contributed by atoms with Crippen molar-refractivity contribution in [1.29, 1.82) is 0 Å². The van der Waals surface area contributed by atoms with Crippen LogP contribution in [0, 0.1) is 5.41 Å². The SMILES string of the molecule is CCC(NCC1(CC)CC1)c1ccc(Cl)cc1. The largest absolute Gasteiger partial charge is 0.309 e. The number of hydrogen-bond donors (Lipinski definition) is 1. The van der Waals surface area contributed by atoms with Crippen LogP contribution >= 0.6 is 11.6 Å². The highest BCUT2D eigenvalue weighted by atomic mass is 35.5. The van der Waals surface area contributed by atoms with Crippen molar-refractivity contribution in [2.24, 2.45) is 5.41 Å². The Balaban J connectivity index is 1.94. The van der Waals surface area contributed by atoms with E-state index in [1.54, 1.807) is 0 Å². The third kappa shape index (κ3) is 3.23. The molecule has 1 aliphatic carbocycles. The summed E-state index contributed by atoms with van der Waals surface area (Å²) in [6.45, 7) is 5.69. The second-order valence-corrected chi connectivity index (χ2v) is 5.68. The summed E-state index contributed by atoms with van der Waals surface area (Å²) in [5.74, 6) is 0. The zero-order chi connectivity index (χ0) is 12.3. The Hall–Kier alpha value is -0.530. The van der Waals surface area contributed by atoms with Gasteiger partial charge in [-0.3, -0.25) is 0 Å². The molecule has 94 valence electrons. The summed E-state index contributed by atoms with van der Waals surface area (Å²) in [4.78, 5) is 0. The minimum absolute atomic E-state index is 0.469. The Morgan fingerprint density at radius 1 is 1.24 bits per heavy atom. The lowest BCUT2D eigenvalue weighted by Gasteiger charge is -2.21. The fourth-order valence-electron chi connectivity index (χ4n) is 2.36. The molecule has 0 heterocycles. The van der Waals surface area contributed by atoms with Crippen LogP contribution < -0.4 is 5.32 Å². The Morgan fingerprint density at radius 2 is 1.88 bits per heavy atom. The van der Waals surface area contributed by atoms with Gasteiger partial charge in [0.25, 0.3) is 0 Å². The summed E-state index contributed by atoms with van der Waals surface area (Å²) in [5.41, 5.74) is 1.96. The van der Waals surface area contributed by atoms with Crippen LogP contribution in [0.15, 0.2) is 24.3 Å². The van der Waals surface area contributed by atoms with Gasteiger partial charge in [-0.25, -0.2) is 0 Å². The standard InChI is InChI=1S/C15H22ClN/c1-3-14(12-5-7-13(16)8-6-12)17-11-15(4-2)9-10-15/h5-8,14,17H,3-4,9-11H2,1-2H3. The molecule has 2 heteroatoms. The second kappa shape index (κ2) is 5.41. The molecule has 2 rings (SSSR count). The minimum atomic E-state index is 0.469. The molecule has 1 aromatic carbocycles. The van der Waals surface area contributed by atoms with Crippen molar-refractivity contribution in [2.45, 2.75) is 45.6 Å². The molecule has 1 unspecified atom stereocenters. The Kier molecular flexibility index (Phi) is 4.11. The summed E-state index contributed by atoms with van der Waals surface area (Å²) >= 11 is 5.92. The average Bonchev–Trinajstić information content (AvgIpc) is 3.13. The van der Waals surface area contributed by atoms with E-state index in [1.807, 2.05) is 12.1 Å². The molecule has 0 aliphatic heterocycles. The lowest BCUT2D eigenvalue weighted by atomic mass is 10.0. The molecular formula is C15H22ClN. The maximum absolute atomic E-state index is 5.92. The Labute approximate surface area is 110 Å². The van der Waals surface area contributed by atoms with Crippen LogP contribution in [0.25, 0.3) is 0 Å². The normalized spacial score (nSPS) is 19.0. The molecule has 1 saturated carbocycles. The first-order chi connectivity index (χ1) is 8.19. The summed E-state index contributed by atoms with van der Waals surface area (Å²) in [5, 5.41) is 4.53. The Bertz CT molecular complexity index is 354. The van der Waals surface area contributed by atoms with Gasteiger partial charge in [-0.1, -0.05) is 37.6 Å². The van der Waals surface area contributed by atoms with Crippen molar-refractivity contribution in [3.05, 3.63) is 34.9 Å². The lowest BCUT2D eigenvalue weighted by Crippen LogP contribution is -2.27. The number of nitrogens with one attached hydrogen (secondary N) is 1. The van der Waals surface area contributed by atoms with Gasteiger partial charge in [-0.05, 0) is 48.8 Å². The average molecular weight is 252 g/mol. The molecule has 1 nitrogen and oxygen atoms in total. The lowest BCUT2D eigenvalue weighted by molar-refractivity contribution is 0.399. The maximum Gasteiger partial charge on any atom is 0.0406 e. The van der Waals surface area contributed by atoms with Crippen LogP contribution in [0.5, 0.6) is 0 Å². The van der Waals surface area contributed by atoms with E-state index < -0.39 is 0 Å². The predicted molar refractivity (Wildman–Crippen MR) is 74.4 cm³/mol. The summed E-state index contributed by atoms with van der Waals surface area (Å²) in [7, 11) is 0. The molecule has 1 N–H and O–H groups in total. The second-order valence-electron chi connectivity index (χ2n) is 5.25. The van der Waals surface area contributed by atoms with E-state index in [0.29, 0.717) is 11.5 Å². The third-order valence-corrected chi connectivity index (χ3v) is 4.36. The molecule has 1 aliphatic rings. The van der Waals surface area contributed by atoms with Gasteiger partial charge in [0.05, 0.1) is 0 Å². The highest BCUT2D eigenvalue weighted by Crippen LogP contribution is 2.48. The van der Waals surface area contributed by atoms with Crippen LogP contribution in [0.3, 0.4) is 0 Å². The quantitative estimate of drug-likeness (QED) is 0.781. The van der Waals surface area contributed by atoms with E-state index >= 15 is 0 Å². The van der Waals surface area contributed by atoms with E-state index in [4.69, 9.17) is 11.6 Å². The maximum atomic E-state index is 5.92. The van der Waals surface area contributed by atoms with Crippen LogP contribution in [-0.2, 0) is 0 Å². The number of hydrogen-bond acceptors (Lipinski definition) is 1. The summed E-state index contributed by atoms with van der Waals surface area (Å²) in [6, 6.07) is 8.70. The fraction of sp³-hybridized carbons (Fsp3) is 0.600. The first-order valence-electron chi connectivity index (χ1n) is 6.68. The van der Waals surface area contributed by atoms with Crippen LogP contribution in [-0.4, -0.2) is 6.54 Å². The molecular weight excluding hydrogens is 230 g/mol. The first-order valence-corrected chi connectivity index (χ1v) is 7.06. The summed E-state index contributed by atoms with van der Waals surface area (Å²) in [6.07, 6.45) is 5.22. The van der Waals surface area contributed by atoms with E-state index in [2.05, 4.69) is 31.3 Å². The van der Waals surface area contributed by atoms with Crippen LogP contribution in [0.4, 0.5) is 0 Å². The van der Waals surface area contributed by atoms with E-state index in [0.717, 1.165) is 18.0 Å². The van der Waals surface area contributed by atoms with Gasteiger partial charge in [-0.2, -0.15) is 0 Å². The van der Waals surface area contributed by atoms with Gasteiger partial charge in [-0.15, -0.1) is 0 Å². The van der Waals surface area contributed by atoms with Crippen molar-refractivity contribution in [3.63, 3.8) is 0 Å². The molecule has 0 spiro atoms. The molecule has 1 fully saturated rings. The van der Waals surface area contributed by atoms with Crippen LogP contribution in [0.2, 0.25) is 5.02 Å². The van der Waals surface area contributed by atoms with Crippen molar-refractivity contribution in [2.75, 3.05) is 6.54 Å². The highest BCUT2D eigenvalue weighted by Gasteiger charge is 2.40. The smallest absolute Gasteiger partial charge is 0.0406 e. The zero-order valence-corrected chi connectivity index (χ0v) is 11.6. The topological polar surface area (TPSA) is 12.0 Å². The van der Waals surface area contributed by atoms with Crippen molar-refractivity contribution in [3.8, 4) is 0 Å². The monoisotopic (exact) mass is 251 g/mol. The number of benzene rings is 1. The van der Waals surface area contributed by atoms with Gasteiger partial charge in [0, 0.05) is 17.6 Å². The fourth-order valence-corrected chi connectivity index (χ4v) is 2.49. The molecule has 1 atom stereocenters. The highest BCUT2D eigenvalue weighted by molar-refractivity contribution is 6.30. The van der Waals surface area contributed by atoms with Crippen molar-refractivity contribution in [1.82, 2.24) is 5.32 Å². The van der Waals surface area contributed by atoms with E-state index in [1.165, 1.54) is 24.8 Å². The minimum Gasteiger partial charge on any atom is -0.309 e.